The summed E-state index contributed by atoms with van der Waals surface area (Å²) in [4.78, 5) is 28.1. The van der Waals surface area contributed by atoms with Crippen LogP contribution in [0.4, 0.5) is 0 Å². The number of nitrogens with zero attached hydrogens (tertiary/aromatic N) is 3. The molecule has 0 aromatic heterocycles. The Bertz CT molecular complexity index is 738. The van der Waals surface area contributed by atoms with Crippen molar-refractivity contribution < 1.29 is 14.3 Å². The molecule has 1 heterocycles. The Morgan fingerprint density at radius 3 is 2.75 bits per heavy atom. The van der Waals surface area contributed by atoms with Crippen LogP contribution in [-0.2, 0) is 4.79 Å². The molecule has 2 amide bonds. The Labute approximate surface area is 140 Å². The van der Waals surface area contributed by atoms with Crippen molar-refractivity contribution in [2.75, 3.05) is 19.7 Å². The number of ether oxygens (including phenoxy) is 1. The molecule has 0 N–H and O–H groups in total. The predicted octanol–water partition coefficient (Wildman–Crippen LogP) is 1.57. The summed E-state index contributed by atoms with van der Waals surface area (Å²) in [5, 5.41) is 9.24. The summed E-state index contributed by atoms with van der Waals surface area (Å²) in [6.07, 6.45) is 2.12. The van der Waals surface area contributed by atoms with Crippen LogP contribution in [0.3, 0.4) is 0 Å². The van der Waals surface area contributed by atoms with Gasteiger partial charge >= 0.3 is 0 Å². The zero-order chi connectivity index (χ0) is 17.3. The molecule has 1 aliphatic carbocycles. The first-order valence-electron chi connectivity index (χ1n) is 8.01. The Morgan fingerprint density at radius 2 is 2.08 bits per heavy atom. The number of hydrogen-bond donors (Lipinski definition) is 0. The number of fused-ring (bicyclic) bond motifs is 1. The van der Waals surface area contributed by atoms with E-state index in [1.165, 1.54) is 6.08 Å². The van der Waals surface area contributed by atoms with E-state index in [9.17, 15) is 14.9 Å². The number of carbonyl (C=O) groups is 2. The Hall–Kier alpha value is -2.81. The first kappa shape index (κ1) is 16.1. The summed E-state index contributed by atoms with van der Waals surface area (Å²) in [5.74, 6) is 0.303. The highest BCUT2D eigenvalue weighted by Crippen LogP contribution is 2.37. The van der Waals surface area contributed by atoms with Gasteiger partial charge in [-0.2, -0.15) is 5.26 Å². The van der Waals surface area contributed by atoms with Crippen molar-refractivity contribution in [2.45, 2.75) is 25.4 Å². The molecule has 3 rings (SSSR count). The summed E-state index contributed by atoms with van der Waals surface area (Å²) >= 11 is 0. The topological polar surface area (TPSA) is 73.6 Å². The molecule has 2 fully saturated rings. The summed E-state index contributed by atoms with van der Waals surface area (Å²) in [6, 6.07) is 7.15. The van der Waals surface area contributed by atoms with E-state index >= 15 is 0 Å². The van der Waals surface area contributed by atoms with Gasteiger partial charge in [-0.3, -0.25) is 9.59 Å². The van der Waals surface area contributed by atoms with Gasteiger partial charge < -0.3 is 14.5 Å². The number of nitriles is 1. The summed E-state index contributed by atoms with van der Waals surface area (Å²) in [6.45, 7) is 6.84. The monoisotopic (exact) mass is 325 g/mol. The second-order valence-corrected chi connectivity index (χ2v) is 5.86. The van der Waals surface area contributed by atoms with Crippen LogP contribution in [0, 0.1) is 11.3 Å². The molecule has 1 aliphatic heterocycles. The van der Waals surface area contributed by atoms with Crippen LogP contribution in [-0.4, -0.2) is 53.4 Å². The summed E-state index contributed by atoms with van der Waals surface area (Å²) in [5.41, 5.74) is 0.833. The highest BCUT2D eigenvalue weighted by Gasteiger charge is 2.51. The van der Waals surface area contributed by atoms with Crippen molar-refractivity contribution in [3.8, 4) is 11.8 Å². The van der Waals surface area contributed by atoms with Gasteiger partial charge in [0.2, 0.25) is 5.91 Å². The average molecular weight is 325 g/mol. The van der Waals surface area contributed by atoms with Crippen LogP contribution in [0.15, 0.2) is 30.9 Å². The van der Waals surface area contributed by atoms with Crippen LogP contribution in [0.25, 0.3) is 0 Å². The zero-order valence-corrected chi connectivity index (χ0v) is 13.6. The third kappa shape index (κ3) is 2.73. The van der Waals surface area contributed by atoms with E-state index < -0.39 is 0 Å². The van der Waals surface area contributed by atoms with Crippen molar-refractivity contribution in [1.29, 1.82) is 5.26 Å². The maximum absolute atomic E-state index is 12.8. The van der Waals surface area contributed by atoms with Crippen molar-refractivity contribution in [3.63, 3.8) is 0 Å². The maximum Gasteiger partial charge on any atom is 0.254 e. The quantitative estimate of drug-likeness (QED) is 0.788. The van der Waals surface area contributed by atoms with Gasteiger partial charge in [-0.05, 0) is 37.6 Å². The lowest BCUT2D eigenvalue weighted by Crippen LogP contribution is -2.50. The molecule has 1 aromatic carbocycles. The van der Waals surface area contributed by atoms with Crippen molar-refractivity contribution in [3.05, 3.63) is 42.0 Å². The Balaban J connectivity index is 1.76. The van der Waals surface area contributed by atoms with Crippen LogP contribution < -0.4 is 4.74 Å². The number of rotatable bonds is 4. The second kappa shape index (κ2) is 6.36. The molecule has 1 aromatic rings. The van der Waals surface area contributed by atoms with E-state index in [-0.39, 0.29) is 23.9 Å². The van der Waals surface area contributed by atoms with Crippen LogP contribution >= 0.6 is 0 Å². The van der Waals surface area contributed by atoms with E-state index in [4.69, 9.17) is 4.74 Å². The lowest BCUT2D eigenvalue weighted by atomic mass is 10.1. The fourth-order valence-corrected chi connectivity index (χ4v) is 3.23. The minimum atomic E-state index is -0.104. The van der Waals surface area contributed by atoms with E-state index in [0.29, 0.717) is 36.6 Å². The number of piperazine rings is 1. The molecule has 2 unspecified atom stereocenters. The minimum absolute atomic E-state index is 0.0623. The number of carbonyl (C=O) groups excluding carboxylic acids is 2. The predicted molar refractivity (Wildman–Crippen MR) is 87.5 cm³/mol. The van der Waals surface area contributed by atoms with E-state index in [0.717, 1.165) is 6.42 Å². The summed E-state index contributed by atoms with van der Waals surface area (Å²) < 4.78 is 5.39. The van der Waals surface area contributed by atoms with Crippen molar-refractivity contribution in [1.82, 2.24) is 9.80 Å². The fourth-order valence-electron chi connectivity index (χ4n) is 3.23. The normalized spacial score (nSPS) is 21.5. The molecule has 24 heavy (non-hydrogen) atoms. The van der Waals surface area contributed by atoms with Crippen LogP contribution in [0.1, 0.15) is 29.3 Å². The van der Waals surface area contributed by atoms with Gasteiger partial charge in [-0.25, -0.2) is 0 Å². The highest BCUT2D eigenvalue weighted by molar-refractivity contribution is 5.96. The van der Waals surface area contributed by atoms with Gasteiger partial charge in [0.05, 0.1) is 24.3 Å². The first-order chi connectivity index (χ1) is 11.6. The first-order valence-corrected chi connectivity index (χ1v) is 8.01. The lowest BCUT2D eigenvalue weighted by Gasteiger charge is -2.33. The van der Waals surface area contributed by atoms with Gasteiger partial charge in [0.25, 0.3) is 5.91 Å². The van der Waals surface area contributed by atoms with E-state index in [1.807, 2.05) is 6.92 Å². The number of hydrogen-bond acceptors (Lipinski definition) is 4. The molecule has 1 saturated carbocycles. The molecular formula is C18H19N3O3. The lowest BCUT2D eigenvalue weighted by molar-refractivity contribution is -0.127. The van der Waals surface area contributed by atoms with E-state index in [2.05, 4.69) is 12.6 Å². The molecule has 6 heteroatoms. The molecule has 0 bridgehead atoms. The van der Waals surface area contributed by atoms with Crippen LogP contribution in [0.2, 0.25) is 0 Å². The van der Waals surface area contributed by atoms with Gasteiger partial charge in [0.1, 0.15) is 11.8 Å². The Morgan fingerprint density at radius 1 is 1.38 bits per heavy atom. The number of amides is 2. The molecule has 6 nitrogen and oxygen atoms in total. The molecule has 0 spiro atoms. The Kier molecular flexibility index (Phi) is 4.26. The van der Waals surface area contributed by atoms with E-state index in [1.54, 1.807) is 28.0 Å². The maximum atomic E-state index is 12.8. The molecule has 0 radical (unpaired) electrons. The van der Waals surface area contributed by atoms with Crippen molar-refractivity contribution in [2.24, 2.45) is 0 Å². The molecule has 1 saturated heterocycles. The summed E-state index contributed by atoms with van der Waals surface area (Å²) in [7, 11) is 0. The zero-order valence-electron chi connectivity index (χ0n) is 13.6. The second-order valence-electron chi connectivity index (χ2n) is 5.86. The molecule has 2 aliphatic rings. The molecule has 124 valence electrons. The minimum Gasteiger partial charge on any atom is -0.492 e. The molecule has 2 atom stereocenters. The molecular weight excluding hydrogens is 306 g/mol. The SMILES string of the molecule is C=CC(=O)N1CCN(C(=O)c2ccc(OCC)c(C#N)c2)C2CC21. The highest BCUT2D eigenvalue weighted by atomic mass is 16.5. The largest absolute Gasteiger partial charge is 0.492 e. The third-order valence-electron chi connectivity index (χ3n) is 4.47. The van der Waals surface area contributed by atoms with Gasteiger partial charge in [0.15, 0.2) is 0 Å². The standard InChI is InChI=1S/C18H19N3O3/c1-3-17(22)20-7-8-21(15-10-14(15)20)18(23)12-5-6-16(24-4-2)13(9-12)11-19/h3,5-6,9,14-15H,1,4,7-8,10H2,2H3. The van der Waals surface area contributed by atoms with Gasteiger partial charge in [-0.1, -0.05) is 6.58 Å². The van der Waals surface area contributed by atoms with Crippen molar-refractivity contribution >= 4 is 11.8 Å². The average Bonchev–Trinajstić information content (AvgIpc) is 3.40. The van der Waals surface area contributed by atoms with Crippen LogP contribution in [0.5, 0.6) is 5.75 Å². The fraction of sp³-hybridized carbons (Fsp3) is 0.389. The third-order valence-corrected chi connectivity index (χ3v) is 4.47. The van der Waals surface area contributed by atoms with Gasteiger partial charge in [-0.15, -0.1) is 0 Å². The van der Waals surface area contributed by atoms with Gasteiger partial charge in [0, 0.05) is 18.7 Å². The number of benzene rings is 1. The smallest absolute Gasteiger partial charge is 0.254 e.